The van der Waals surface area contributed by atoms with Crippen molar-refractivity contribution in [3.05, 3.63) is 29.8 Å². The third-order valence-electron chi connectivity index (χ3n) is 2.98. The third-order valence-corrected chi connectivity index (χ3v) is 2.98. The maximum Gasteiger partial charge on any atom is 0.407 e. The summed E-state index contributed by atoms with van der Waals surface area (Å²) < 4.78 is 10.7. The molecule has 7 heteroatoms. The Bertz CT molecular complexity index is 568. The molecule has 0 fully saturated rings. The summed E-state index contributed by atoms with van der Waals surface area (Å²) in [7, 11) is 1.70. The normalized spacial score (nSPS) is 11.6. The molecule has 0 aliphatic heterocycles. The van der Waals surface area contributed by atoms with Crippen LogP contribution >= 0.6 is 0 Å². The van der Waals surface area contributed by atoms with E-state index in [4.69, 9.17) is 9.47 Å². The first kappa shape index (κ1) is 20.6. The van der Waals surface area contributed by atoms with Crippen LogP contribution in [0.4, 0.5) is 4.79 Å². The Morgan fingerprint density at radius 1 is 1.16 bits per heavy atom. The molecule has 0 aliphatic rings. The van der Waals surface area contributed by atoms with Crippen LogP contribution in [-0.2, 0) is 11.3 Å². The van der Waals surface area contributed by atoms with Gasteiger partial charge in [0, 0.05) is 26.7 Å². The summed E-state index contributed by atoms with van der Waals surface area (Å²) in [5.41, 5.74) is 0.603. The average molecular weight is 350 g/mol. The first-order chi connectivity index (χ1) is 11.8. The van der Waals surface area contributed by atoms with Gasteiger partial charge >= 0.3 is 6.09 Å². The highest BCUT2D eigenvalue weighted by molar-refractivity contribution is 5.79. The number of benzene rings is 1. The molecule has 0 atom stereocenters. The van der Waals surface area contributed by atoms with Crippen LogP contribution in [0, 0.1) is 0 Å². The Morgan fingerprint density at radius 2 is 1.88 bits per heavy atom. The SMILES string of the molecule is CCOc1cccc(CNC(=NC)NCCNC(=O)OC(C)(C)C)c1. The second-order valence-electron chi connectivity index (χ2n) is 6.36. The molecule has 3 N–H and O–H groups in total. The number of amides is 1. The highest BCUT2D eigenvalue weighted by Crippen LogP contribution is 2.12. The van der Waals surface area contributed by atoms with Gasteiger partial charge in [-0.2, -0.15) is 0 Å². The molecular weight excluding hydrogens is 320 g/mol. The lowest BCUT2D eigenvalue weighted by atomic mass is 10.2. The maximum atomic E-state index is 11.5. The van der Waals surface area contributed by atoms with Crippen molar-refractivity contribution in [3.8, 4) is 5.75 Å². The van der Waals surface area contributed by atoms with E-state index in [-0.39, 0.29) is 0 Å². The van der Waals surface area contributed by atoms with Crippen molar-refractivity contribution in [1.29, 1.82) is 0 Å². The van der Waals surface area contributed by atoms with Gasteiger partial charge in [-0.25, -0.2) is 4.79 Å². The molecule has 0 bridgehead atoms. The largest absolute Gasteiger partial charge is 0.494 e. The van der Waals surface area contributed by atoms with E-state index < -0.39 is 11.7 Å². The molecule has 0 spiro atoms. The maximum absolute atomic E-state index is 11.5. The van der Waals surface area contributed by atoms with Crippen LogP contribution in [-0.4, -0.2) is 44.4 Å². The lowest BCUT2D eigenvalue weighted by Gasteiger charge is -2.20. The van der Waals surface area contributed by atoms with Gasteiger partial charge in [-0.05, 0) is 45.4 Å². The molecule has 25 heavy (non-hydrogen) atoms. The highest BCUT2D eigenvalue weighted by atomic mass is 16.6. The summed E-state index contributed by atoms with van der Waals surface area (Å²) in [6.07, 6.45) is -0.426. The first-order valence-corrected chi connectivity index (χ1v) is 8.47. The molecule has 1 aromatic carbocycles. The van der Waals surface area contributed by atoms with Crippen molar-refractivity contribution in [2.75, 3.05) is 26.7 Å². The summed E-state index contributed by atoms with van der Waals surface area (Å²) in [6.45, 7) is 9.70. The topological polar surface area (TPSA) is 84.0 Å². The van der Waals surface area contributed by atoms with Gasteiger partial charge in [-0.1, -0.05) is 12.1 Å². The zero-order chi connectivity index (χ0) is 18.7. The number of hydrogen-bond donors (Lipinski definition) is 3. The molecule has 0 aliphatic carbocycles. The molecule has 1 aromatic rings. The Balaban J connectivity index is 2.31. The Kier molecular flexibility index (Phi) is 8.60. The standard InChI is InChI=1S/C18H30N4O3/c1-6-24-15-9-7-8-14(12-15)13-22-16(19-5)20-10-11-21-17(23)25-18(2,3)4/h7-9,12H,6,10-11,13H2,1-5H3,(H,21,23)(H2,19,20,22). The van der Waals surface area contributed by atoms with Gasteiger partial charge in [0.25, 0.3) is 0 Å². The third kappa shape index (κ3) is 9.44. The van der Waals surface area contributed by atoms with Crippen molar-refractivity contribution >= 4 is 12.1 Å². The second-order valence-corrected chi connectivity index (χ2v) is 6.36. The van der Waals surface area contributed by atoms with Gasteiger partial charge in [-0.15, -0.1) is 0 Å². The van der Waals surface area contributed by atoms with Gasteiger partial charge in [0.2, 0.25) is 0 Å². The average Bonchev–Trinajstić information content (AvgIpc) is 2.53. The van der Waals surface area contributed by atoms with E-state index >= 15 is 0 Å². The van der Waals surface area contributed by atoms with Crippen LogP contribution in [0.2, 0.25) is 0 Å². The van der Waals surface area contributed by atoms with E-state index in [9.17, 15) is 4.79 Å². The van der Waals surface area contributed by atoms with Gasteiger partial charge in [-0.3, -0.25) is 4.99 Å². The molecule has 0 saturated heterocycles. The number of carbonyl (C=O) groups excluding carboxylic acids is 1. The number of nitrogens with zero attached hydrogens (tertiary/aromatic N) is 1. The van der Waals surface area contributed by atoms with Crippen LogP contribution in [0.25, 0.3) is 0 Å². The van der Waals surface area contributed by atoms with E-state index in [0.717, 1.165) is 11.3 Å². The summed E-state index contributed by atoms with van der Waals surface area (Å²) in [5, 5.41) is 9.05. The zero-order valence-corrected chi connectivity index (χ0v) is 15.8. The predicted molar refractivity (Wildman–Crippen MR) is 100 cm³/mol. The lowest BCUT2D eigenvalue weighted by Crippen LogP contribution is -2.42. The van der Waals surface area contributed by atoms with Gasteiger partial charge in [0.15, 0.2) is 5.96 Å². The number of nitrogens with one attached hydrogen (secondary N) is 3. The van der Waals surface area contributed by atoms with Crippen molar-refractivity contribution in [2.24, 2.45) is 4.99 Å². The van der Waals surface area contributed by atoms with E-state index in [1.54, 1.807) is 7.05 Å². The van der Waals surface area contributed by atoms with Gasteiger partial charge in [0.1, 0.15) is 11.4 Å². The lowest BCUT2D eigenvalue weighted by molar-refractivity contribution is 0.0529. The van der Waals surface area contributed by atoms with Gasteiger partial charge < -0.3 is 25.4 Å². The molecule has 0 saturated carbocycles. The smallest absolute Gasteiger partial charge is 0.407 e. The number of guanidine groups is 1. The minimum atomic E-state index is -0.495. The fourth-order valence-corrected chi connectivity index (χ4v) is 1.98. The Labute approximate surface area is 150 Å². The number of carbonyl (C=O) groups is 1. The predicted octanol–water partition coefficient (Wildman–Crippen LogP) is 2.27. The van der Waals surface area contributed by atoms with Crippen molar-refractivity contribution in [2.45, 2.75) is 39.8 Å². The summed E-state index contributed by atoms with van der Waals surface area (Å²) >= 11 is 0. The molecule has 0 radical (unpaired) electrons. The molecule has 0 heterocycles. The molecular formula is C18H30N4O3. The number of hydrogen-bond acceptors (Lipinski definition) is 4. The summed E-state index contributed by atoms with van der Waals surface area (Å²) in [6, 6.07) is 7.91. The van der Waals surface area contributed by atoms with Crippen LogP contribution in [0.15, 0.2) is 29.3 Å². The molecule has 0 unspecified atom stereocenters. The van der Waals surface area contributed by atoms with Crippen LogP contribution < -0.4 is 20.7 Å². The highest BCUT2D eigenvalue weighted by Gasteiger charge is 2.15. The number of alkyl carbamates (subject to hydrolysis) is 1. The van der Waals surface area contributed by atoms with Gasteiger partial charge in [0.05, 0.1) is 6.61 Å². The fourth-order valence-electron chi connectivity index (χ4n) is 1.98. The van der Waals surface area contributed by atoms with Crippen molar-refractivity contribution in [3.63, 3.8) is 0 Å². The Morgan fingerprint density at radius 3 is 2.52 bits per heavy atom. The molecule has 1 amide bonds. The van der Waals surface area contributed by atoms with Crippen molar-refractivity contribution < 1.29 is 14.3 Å². The fraction of sp³-hybridized carbons (Fsp3) is 0.556. The van der Waals surface area contributed by atoms with E-state index in [1.807, 2.05) is 52.0 Å². The first-order valence-electron chi connectivity index (χ1n) is 8.47. The summed E-state index contributed by atoms with van der Waals surface area (Å²) in [4.78, 5) is 15.7. The number of ether oxygens (including phenoxy) is 2. The molecule has 7 nitrogen and oxygen atoms in total. The van der Waals surface area contributed by atoms with E-state index in [0.29, 0.717) is 32.2 Å². The van der Waals surface area contributed by atoms with Crippen LogP contribution in [0.3, 0.4) is 0 Å². The minimum Gasteiger partial charge on any atom is -0.494 e. The zero-order valence-electron chi connectivity index (χ0n) is 15.8. The summed E-state index contributed by atoms with van der Waals surface area (Å²) in [5.74, 6) is 1.51. The minimum absolute atomic E-state index is 0.426. The van der Waals surface area contributed by atoms with Crippen LogP contribution in [0.1, 0.15) is 33.3 Å². The quantitative estimate of drug-likeness (QED) is 0.399. The Hall–Kier alpha value is -2.44. The van der Waals surface area contributed by atoms with Crippen molar-refractivity contribution in [1.82, 2.24) is 16.0 Å². The molecule has 1 rings (SSSR count). The molecule has 140 valence electrons. The second kappa shape index (κ2) is 10.4. The molecule has 0 aromatic heterocycles. The number of aliphatic imine (C=N–C) groups is 1. The van der Waals surface area contributed by atoms with Crippen LogP contribution in [0.5, 0.6) is 5.75 Å². The monoisotopic (exact) mass is 350 g/mol. The van der Waals surface area contributed by atoms with E-state index in [2.05, 4.69) is 20.9 Å². The van der Waals surface area contributed by atoms with E-state index in [1.165, 1.54) is 0 Å². The number of rotatable bonds is 7.